The molecule has 0 aromatic carbocycles. The fourth-order valence-corrected chi connectivity index (χ4v) is 1.57. The Morgan fingerprint density at radius 3 is 3.00 bits per heavy atom. The molecule has 15 heavy (non-hydrogen) atoms. The van der Waals surface area contributed by atoms with E-state index in [0.717, 1.165) is 22.5 Å². The van der Waals surface area contributed by atoms with Gasteiger partial charge in [0.1, 0.15) is 24.8 Å². The number of aromatic nitrogens is 5. The number of halogens is 1. The van der Waals surface area contributed by atoms with Crippen molar-refractivity contribution < 1.29 is 0 Å². The highest BCUT2D eigenvalue weighted by Crippen LogP contribution is 2.11. The summed E-state index contributed by atoms with van der Waals surface area (Å²) in [5.74, 6) is 0.853. The van der Waals surface area contributed by atoms with Crippen LogP contribution in [0.15, 0.2) is 25.2 Å². The van der Waals surface area contributed by atoms with E-state index in [9.17, 15) is 0 Å². The molecule has 0 bridgehead atoms. The number of rotatable bonds is 4. The molecule has 78 valence electrons. The summed E-state index contributed by atoms with van der Waals surface area (Å²) in [6.07, 6.45) is 6.51. The Morgan fingerprint density at radius 1 is 1.33 bits per heavy atom. The maximum atomic E-state index is 4.12. The lowest BCUT2D eigenvalue weighted by Gasteiger charge is -2.06. The van der Waals surface area contributed by atoms with Crippen molar-refractivity contribution in [2.45, 2.75) is 6.54 Å². The molecule has 2 rings (SSSR count). The molecule has 0 spiro atoms. The second-order valence-corrected chi connectivity index (χ2v) is 3.97. The van der Waals surface area contributed by atoms with E-state index >= 15 is 0 Å². The highest BCUT2D eigenvalue weighted by molar-refractivity contribution is 14.1. The number of nitrogens with zero attached hydrogens (tertiary/aromatic N) is 5. The van der Waals surface area contributed by atoms with Crippen LogP contribution in [0.2, 0.25) is 0 Å². The van der Waals surface area contributed by atoms with Crippen LogP contribution in [-0.4, -0.2) is 31.3 Å². The zero-order valence-electron chi connectivity index (χ0n) is 7.84. The van der Waals surface area contributed by atoms with E-state index in [-0.39, 0.29) is 0 Å². The van der Waals surface area contributed by atoms with Gasteiger partial charge in [-0.1, -0.05) is 0 Å². The molecule has 2 heterocycles. The van der Waals surface area contributed by atoms with Gasteiger partial charge in [-0.2, -0.15) is 5.10 Å². The van der Waals surface area contributed by atoms with Crippen LogP contribution in [0.5, 0.6) is 0 Å². The third-order valence-corrected chi connectivity index (χ3v) is 2.56. The highest BCUT2D eigenvalue weighted by atomic mass is 127. The first-order chi connectivity index (χ1) is 7.36. The maximum absolute atomic E-state index is 4.12. The Bertz CT molecular complexity index is 415. The molecule has 0 atom stereocenters. The molecule has 0 aliphatic carbocycles. The van der Waals surface area contributed by atoms with Crippen molar-refractivity contribution in [1.82, 2.24) is 24.7 Å². The first kappa shape index (κ1) is 10.3. The van der Waals surface area contributed by atoms with Gasteiger partial charge in [-0.05, 0) is 22.6 Å². The van der Waals surface area contributed by atoms with Gasteiger partial charge in [-0.25, -0.2) is 15.0 Å². The summed E-state index contributed by atoms with van der Waals surface area (Å²) >= 11 is 2.19. The van der Waals surface area contributed by atoms with Gasteiger partial charge in [-0.3, -0.25) is 4.68 Å². The quantitative estimate of drug-likeness (QED) is 0.845. The fourth-order valence-electron chi connectivity index (χ4n) is 1.08. The average molecular weight is 316 g/mol. The van der Waals surface area contributed by atoms with E-state index in [1.54, 1.807) is 17.2 Å². The van der Waals surface area contributed by atoms with Crippen molar-refractivity contribution in [2.24, 2.45) is 0 Å². The maximum Gasteiger partial charge on any atom is 0.142 e. The van der Waals surface area contributed by atoms with Gasteiger partial charge in [0.2, 0.25) is 0 Å². The molecule has 2 aromatic heterocycles. The summed E-state index contributed by atoms with van der Waals surface area (Å²) in [4.78, 5) is 11.9. The molecule has 0 radical (unpaired) electrons. The van der Waals surface area contributed by atoms with Crippen LogP contribution < -0.4 is 5.32 Å². The molecule has 7 heteroatoms. The molecular formula is C8H9IN6. The van der Waals surface area contributed by atoms with Crippen LogP contribution in [-0.2, 0) is 6.54 Å². The SMILES string of the molecule is Ic1cncnc1NCCn1cncn1. The summed E-state index contributed by atoms with van der Waals surface area (Å²) in [6.45, 7) is 1.52. The molecular weight excluding hydrogens is 307 g/mol. The Hall–Kier alpha value is -1.25. The average Bonchev–Trinajstić information content (AvgIpc) is 2.74. The molecule has 0 fully saturated rings. The van der Waals surface area contributed by atoms with E-state index in [2.05, 4.69) is 48.0 Å². The van der Waals surface area contributed by atoms with Gasteiger partial charge in [0.15, 0.2) is 0 Å². The predicted molar refractivity (Wildman–Crippen MR) is 63.3 cm³/mol. The Morgan fingerprint density at radius 2 is 2.27 bits per heavy atom. The summed E-state index contributed by atoms with van der Waals surface area (Å²) in [5.41, 5.74) is 0. The zero-order chi connectivity index (χ0) is 10.5. The van der Waals surface area contributed by atoms with E-state index in [1.807, 2.05) is 0 Å². The molecule has 0 aliphatic heterocycles. The molecule has 0 aliphatic rings. The van der Waals surface area contributed by atoms with Gasteiger partial charge in [0.05, 0.1) is 10.1 Å². The van der Waals surface area contributed by atoms with E-state index in [4.69, 9.17) is 0 Å². The lowest BCUT2D eigenvalue weighted by molar-refractivity contribution is 0.635. The number of nitrogens with one attached hydrogen (secondary N) is 1. The van der Waals surface area contributed by atoms with E-state index in [1.165, 1.54) is 12.7 Å². The minimum atomic E-state index is 0.760. The molecule has 2 aromatic rings. The second kappa shape index (κ2) is 5.01. The monoisotopic (exact) mass is 316 g/mol. The largest absolute Gasteiger partial charge is 0.367 e. The third-order valence-electron chi connectivity index (χ3n) is 1.77. The van der Waals surface area contributed by atoms with Gasteiger partial charge in [-0.15, -0.1) is 0 Å². The first-order valence-corrected chi connectivity index (χ1v) is 5.46. The normalized spacial score (nSPS) is 10.2. The van der Waals surface area contributed by atoms with Crippen LogP contribution in [0.3, 0.4) is 0 Å². The van der Waals surface area contributed by atoms with Crippen LogP contribution in [0.25, 0.3) is 0 Å². The second-order valence-electron chi connectivity index (χ2n) is 2.80. The summed E-state index contributed by atoms with van der Waals surface area (Å²) in [6, 6.07) is 0. The summed E-state index contributed by atoms with van der Waals surface area (Å²) < 4.78 is 2.77. The molecule has 0 saturated carbocycles. The predicted octanol–water partition coefficient (Wildman–Crippen LogP) is 0.785. The van der Waals surface area contributed by atoms with E-state index in [0.29, 0.717) is 0 Å². The molecule has 0 amide bonds. The molecule has 6 nitrogen and oxygen atoms in total. The Labute approximate surface area is 100 Å². The van der Waals surface area contributed by atoms with Crippen molar-refractivity contribution >= 4 is 28.4 Å². The fraction of sp³-hybridized carbons (Fsp3) is 0.250. The van der Waals surface area contributed by atoms with Gasteiger partial charge < -0.3 is 5.32 Å². The van der Waals surface area contributed by atoms with Crippen LogP contribution in [0, 0.1) is 3.57 Å². The lowest BCUT2D eigenvalue weighted by atomic mass is 10.5. The van der Waals surface area contributed by atoms with Crippen molar-refractivity contribution in [1.29, 1.82) is 0 Å². The topological polar surface area (TPSA) is 68.5 Å². The van der Waals surface area contributed by atoms with E-state index < -0.39 is 0 Å². The van der Waals surface area contributed by atoms with Crippen molar-refractivity contribution in [3.8, 4) is 0 Å². The summed E-state index contributed by atoms with van der Waals surface area (Å²) in [5, 5.41) is 7.20. The van der Waals surface area contributed by atoms with Crippen LogP contribution >= 0.6 is 22.6 Å². The first-order valence-electron chi connectivity index (χ1n) is 4.38. The lowest BCUT2D eigenvalue weighted by Crippen LogP contribution is -2.12. The molecule has 1 N–H and O–H groups in total. The van der Waals surface area contributed by atoms with Crippen molar-refractivity contribution in [2.75, 3.05) is 11.9 Å². The highest BCUT2D eigenvalue weighted by Gasteiger charge is 1.99. The zero-order valence-corrected chi connectivity index (χ0v) is 10.00. The van der Waals surface area contributed by atoms with Gasteiger partial charge in [0, 0.05) is 12.7 Å². The number of hydrogen-bond acceptors (Lipinski definition) is 5. The minimum Gasteiger partial charge on any atom is -0.367 e. The number of anilines is 1. The van der Waals surface area contributed by atoms with Crippen molar-refractivity contribution in [3.05, 3.63) is 28.7 Å². The number of hydrogen-bond donors (Lipinski definition) is 1. The summed E-state index contributed by atoms with van der Waals surface area (Å²) in [7, 11) is 0. The van der Waals surface area contributed by atoms with Crippen LogP contribution in [0.1, 0.15) is 0 Å². The molecule has 0 saturated heterocycles. The van der Waals surface area contributed by atoms with Crippen molar-refractivity contribution in [3.63, 3.8) is 0 Å². The Kier molecular flexibility index (Phi) is 3.43. The smallest absolute Gasteiger partial charge is 0.142 e. The standard InChI is InChI=1S/C8H9IN6/c9-7-3-10-4-13-8(7)12-1-2-15-6-11-5-14-15/h3-6H,1-2H2,(H,10,12,13). The molecule has 0 unspecified atom stereocenters. The minimum absolute atomic E-state index is 0.760. The van der Waals surface area contributed by atoms with Gasteiger partial charge >= 0.3 is 0 Å². The van der Waals surface area contributed by atoms with Crippen LogP contribution in [0.4, 0.5) is 5.82 Å². The third kappa shape index (κ3) is 2.85. The van der Waals surface area contributed by atoms with Gasteiger partial charge in [0.25, 0.3) is 0 Å². The Balaban J connectivity index is 1.86.